The summed E-state index contributed by atoms with van der Waals surface area (Å²) < 4.78 is 0. The molecule has 17 heavy (non-hydrogen) atoms. The first-order chi connectivity index (χ1) is 7.94. The number of rotatable bonds is 6. The van der Waals surface area contributed by atoms with Gasteiger partial charge in [-0.15, -0.1) is 0 Å². The molecule has 1 aromatic rings. The van der Waals surface area contributed by atoms with Crippen molar-refractivity contribution in [3.63, 3.8) is 0 Å². The van der Waals surface area contributed by atoms with Crippen LogP contribution in [0.3, 0.4) is 0 Å². The van der Waals surface area contributed by atoms with Crippen LogP contribution >= 0.6 is 0 Å². The Hall–Kier alpha value is -1.69. The van der Waals surface area contributed by atoms with Gasteiger partial charge in [-0.2, -0.15) is 0 Å². The number of carboxylic acid groups (broad SMARTS) is 1. The molecule has 0 aliphatic heterocycles. The number of aliphatic hydroxyl groups is 1. The molecule has 0 amide bonds. The molecular weight excluding hydrogens is 222 g/mol. The van der Waals surface area contributed by atoms with E-state index >= 15 is 0 Å². The second kappa shape index (κ2) is 5.58. The molecular formula is C11H17N3O3. The summed E-state index contributed by atoms with van der Waals surface area (Å²) in [6.07, 6.45) is 4.13. The molecule has 0 radical (unpaired) electrons. The van der Waals surface area contributed by atoms with Gasteiger partial charge in [-0.1, -0.05) is 13.3 Å². The fourth-order valence-corrected chi connectivity index (χ4v) is 1.46. The first kappa shape index (κ1) is 13.4. The van der Waals surface area contributed by atoms with Crippen LogP contribution in [0.15, 0.2) is 12.4 Å². The van der Waals surface area contributed by atoms with Crippen molar-refractivity contribution in [2.45, 2.75) is 32.3 Å². The molecule has 1 heterocycles. The first-order valence-electron chi connectivity index (χ1n) is 5.46. The zero-order chi connectivity index (χ0) is 12.9. The Labute approximate surface area is 99.7 Å². The fourth-order valence-electron chi connectivity index (χ4n) is 1.46. The lowest BCUT2D eigenvalue weighted by Crippen LogP contribution is -2.33. The fraction of sp³-hybridized carbons (Fsp3) is 0.545. The molecule has 1 unspecified atom stereocenters. The predicted molar refractivity (Wildman–Crippen MR) is 63.0 cm³/mol. The molecule has 0 bridgehead atoms. The molecule has 0 spiro atoms. The molecule has 0 fully saturated rings. The third-order valence-corrected chi connectivity index (χ3v) is 2.29. The van der Waals surface area contributed by atoms with Crippen molar-refractivity contribution in [1.29, 1.82) is 0 Å². The van der Waals surface area contributed by atoms with Gasteiger partial charge in [0.2, 0.25) is 0 Å². The topological polar surface area (TPSA) is 95.3 Å². The molecule has 1 rings (SSSR count). The number of carboxylic acids is 1. The third kappa shape index (κ3) is 4.36. The van der Waals surface area contributed by atoms with Gasteiger partial charge in [0, 0.05) is 6.54 Å². The van der Waals surface area contributed by atoms with Crippen LogP contribution in [0.5, 0.6) is 0 Å². The molecule has 6 heteroatoms. The lowest BCUT2D eigenvalue weighted by atomic mass is 10.0. The summed E-state index contributed by atoms with van der Waals surface area (Å²) in [6, 6.07) is 0. The zero-order valence-electron chi connectivity index (χ0n) is 9.97. The van der Waals surface area contributed by atoms with Crippen molar-refractivity contribution in [2.24, 2.45) is 0 Å². The number of aromatic nitrogens is 2. The van der Waals surface area contributed by atoms with Gasteiger partial charge in [0.1, 0.15) is 5.82 Å². The monoisotopic (exact) mass is 239 g/mol. The summed E-state index contributed by atoms with van der Waals surface area (Å²) in [5.74, 6) is -0.775. The van der Waals surface area contributed by atoms with Gasteiger partial charge in [0.25, 0.3) is 0 Å². The summed E-state index contributed by atoms with van der Waals surface area (Å²) in [6.45, 7) is 4.01. The number of hydrogen-bond acceptors (Lipinski definition) is 5. The van der Waals surface area contributed by atoms with E-state index in [2.05, 4.69) is 15.3 Å². The molecule has 0 aliphatic carbocycles. The zero-order valence-corrected chi connectivity index (χ0v) is 9.97. The predicted octanol–water partition coefficient (Wildman–Crippen LogP) is 1.14. The molecule has 0 aliphatic rings. The highest BCUT2D eigenvalue weighted by Gasteiger charge is 2.19. The lowest BCUT2D eigenvalue weighted by molar-refractivity contribution is 0.0636. The quantitative estimate of drug-likeness (QED) is 0.689. The second-order valence-electron chi connectivity index (χ2n) is 4.20. The van der Waals surface area contributed by atoms with Crippen molar-refractivity contribution < 1.29 is 15.0 Å². The maximum atomic E-state index is 10.7. The number of carbonyl (C=O) groups is 1. The van der Waals surface area contributed by atoms with Gasteiger partial charge in [0.05, 0.1) is 18.0 Å². The minimum absolute atomic E-state index is 0.120. The number of nitrogens with zero attached hydrogens (tertiary/aromatic N) is 2. The molecule has 6 nitrogen and oxygen atoms in total. The Morgan fingerprint density at radius 3 is 2.82 bits per heavy atom. The summed E-state index contributed by atoms with van der Waals surface area (Å²) in [4.78, 5) is 18.3. The summed E-state index contributed by atoms with van der Waals surface area (Å²) in [7, 11) is 0. The van der Waals surface area contributed by atoms with E-state index in [9.17, 15) is 9.90 Å². The van der Waals surface area contributed by atoms with Gasteiger partial charge in [-0.25, -0.2) is 9.78 Å². The van der Waals surface area contributed by atoms with Crippen LogP contribution in [-0.2, 0) is 0 Å². The summed E-state index contributed by atoms with van der Waals surface area (Å²) in [5.41, 5.74) is -0.958. The van der Waals surface area contributed by atoms with E-state index in [1.807, 2.05) is 6.92 Å². The van der Waals surface area contributed by atoms with E-state index in [-0.39, 0.29) is 5.69 Å². The Morgan fingerprint density at radius 1 is 1.53 bits per heavy atom. The Balaban J connectivity index is 2.63. The van der Waals surface area contributed by atoms with Gasteiger partial charge in [-0.05, 0) is 13.3 Å². The Morgan fingerprint density at radius 2 is 2.24 bits per heavy atom. The van der Waals surface area contributed by atoms with Crippen molar-refractivity contribution in [3.8, 4) is 0 Å². The number of anilines is 1. The van der Waals surface area contributed by atoms with Gasteiger partial charge in [-0.3, -0.25) is 4.98 Å². The first-order valence-corrected chi connectivity index (χ1v) is 5.46. The van der Waals surface area contributed by atoms with Gasteiger partial charge < -0.3 is 15.5 Å². The van der Waals surface area contributed by atoms with E-state index in [1.165, 1.54) is 12.4 Å². The van der Waals surface area contributed by atoms with E-state index in [4.69, 9.17) is 5.11 Å². The Kier molecular flexibility index (Phi) is 4.39. The van der Waals surface area contributed by atoms with Crippen LogP contribution < -0.4 is 5.32 Å². The maximum absolute atomic E-state index is 10.7. The van der Waals surface area contributed by atoms with E-state index in [0.29, 0.717) is 18.8 Å². The van der Waals surface area contributed by atoms with E-state index in [0.717, 1.165) is 6.42 Å². The molecule has 0 aromatic carbocycles. The van der Waals surface area contributed by atoms with Crippen molar-refractivity contribution in [2.75, 3.05) is 11.9 Å². The van der Waals surface area contributed by atoms with Crippen LogP contribution in [0.1, 0.15) is 37.2 Å². The highest BCUT2D eigenvalue weighted by atomic mass is 16.4. The average Bonchev–Trinajstić information content (AvgIpc) is 2.27. The summed E-state index contributed by atoms with van der Waals surface area (Å²) in [5, 5.41) is 21.5. The molecule has 94 valence electrons. The lowest BCUT2D eigenvalue weighted by Gasteiger charge is -2.23. The largest absolute Gasteiger partial charge is 0.476 e. The third-order valence-electron chi connectivity index (χ3n) is 2.29. The normalized spacial score (nSPS) is 14.1. The molecule has 1 atom stereocenters. The number of nitrogens with one attached hydrogen (secondary N) is 1. The average molecular weight is 239 g/mol. The van der Waals surface area contributed by atoms with E-state index < -0.39 is 11.6 Å². The van der Waals surface area contributed by atoms with Crippen LogP contribution in [0.4, 0.5) is 5.82 Å². The van der Waals surface area contributed by atoms with Crippen LogP contribution in [0.2, 0.25) is 0 Å². The minimum Gasteiger partial charge on any atom is -0.476 e. The van der Waals surface area contributed by atoms with Crippen molar-refractivity contribution >= 4 is 11.8 Å². The smallest absolute Gasteiger partial charge is 0.356 e. The SMILES string of the molecule is CCCC(C)(O)CNc1cncc(C(=O)O)n1. The number of aromatic carboxylic acids is 1. The van der Waals surface area contributed by atoms with Crippen molar-refractivity contribution in [3.05, 3.63) is 18.1 Å². The van der Waals surface area contributed by atoms with E-state index in [1.54, 1.807) is 6.92 Å². The number of hydrogen-bond donors (Lipinski definition) is 3. The van der Waals surface area contributed by atoms with Gasteiger partial charge >= 0.3 is 5.97 Å². The standard InChI is InChI=1S/C11H17N3O3/c1-3-4-11(2,17)7-13-9-6-12-5-8(14-9)10(15)16/h5-6,17H,3-4,7H2,1-2H3,(H,13,14)(H,15,16). The van der Waals surface area contributed by atoms with Crippen LogP contribution in [0.25, 0.3) is 0 Å². The van der Waals surface area contributed by atoms with Crippen LogP contribution in [0, 0.1) is 0 Å². The van der Waals surface area contributed by atoms with Crippen LogP contribution in [-0.4, -0.2) is 38.3 Å². The van der Waals surface area contributed by atoms with Gasteiger partial charge in [0.15, 0.2) is 5.69 Å². The molecule has 1 aromatic heterocycles. The van der Waals surface area contributed by atoms with Crippen molar-refractivity contribution in [1.82, 2.24) is 9.97 Å². The summed E-state index contributed by atoms with van der Waals surface area (Å²) >= 11 is 0. The molecule has 0 saturated carbocycles. The maximum Gasteiger partial charge on any atom is 0.356 e. The molecule has 3 N–H and O–H groups in total. The highest BCUT2D eigenvalue weighted by molar-refractivity contribution is 5.85. The highest BCUT2D eigenvalue weighted by Crippen LogP contribution is 2.12. The molecule has 0 saturated heterocycles. The second-order valence-corrected chi connectivity index (χ2v) is 4.20. The Bertz CT molecular complexity index is 393. The minimum atomic E-state index is -1.12.